The molecule has 1 aromatic carbocycles. The summed E-state index contributed by atoms with van der Waals surface area (Å²) in [6.45, 7) is 14.2. The fraction of sp³-hybridized carbons (Fsp3) is 0.538. The van der Waals surface area contributed by atoms with Gasteiger partial charge in [0.25, 0.3) is 0 Å². The second kappa shape index (κ2) is 9.21. The van der Waals surface area contributed by atoms with Crippen LogP contribution in [0.1, 0.15) is 70.5 Å². The van der Waals surface area contributed by atoms with Gasteiger partial charge in [0.05, 0.1) is 11.3 Å². The summed E-state index contributed by atoms with van der Waals surface area (Å²) in [7, 11) is 0. The number of rotatable bonds is 5. The highest BCUT2D eigenvalue weighted by Crippen LogP contribution is 2.45. The van der Waals surface area contributed by atoms with E-state index in [1.807, 2.05) is 4.90 Å². The molecule has 1 aliphatic rings. The van der Waals surface area contributed by atoms with Crippen molar-refractivity contribution in [2.24, 2.45) is 5.41 Å². The average molecular weight is 479 g/mol. The number of ether oxygens (including phenoxy) is 1. The normalized spacial score (nSPS) is 17.1. The lowest BCUT2D eigenvalue weighted by molar-refractivity contribution is -0.160. The Kier molecular flexibility index (Phi) is 7.04. The van der Waals surface area contributed by atoms with Crippen LogP contribution in [0.4, 0.5) is 18.9 Å². The molecule has 3 rings (SSSR count). The summed E-state index contributed by atoms with van der Waals surface area (Å²) in [5.74, 6) is -5.38. The Balaban J connectivity index is 2.35. The lowest BCUT2D eigenvalue weighted by Crippen LogP contribution is -2.39. The van der Waals surface area contributed by atoms with E-state index in [0.717, 1.165) is 25.0 Å². The molecule has 2 aromatic rings. The number of aliphatic carboxylic acids is 1. The summed E-state index contributed by atoms with van der Waals surface area (Å²) in [4.78, 5) is 19.0. The molecule has 0 aliphatic carbocycles. The van der Waals surface area contributed by atoms with Gasteiger partial charge >= 0.3 is 5.97 Å². The highest BCUT2D eigenvalue weighted by molar-refractivity contribution is 5.88. The average Bonchev–Trinajstić information content (AvgIpc) is 2.69. The number of piperidine rings is 1. The number of carbonyl (C=O) groups is 1. The Morgan fingerprint density at radius 1 is 1.09 bits per heavy atom. The first-order valence-corrected chi connectivity index (χ1v) is 11.4. The van der Waals surface area contributed by atoms with Gasteiger partial charge in [-0.25, -0.2) is 18.0 Å². The molecule has 1 N–H and O–H groups in total. The monoisotopic (exact) mass is 478 g/mol. The first-order chi connectivity index (χ1) is 15.6. The van der Waals surface area contributed by atoms with Crippen LogP contribution < -0.4 is 4.90 Å². The van der Waals surface area contributed by atoms with E-state index in [4.69, 9.17) is 4.74 Å². The van der Waals surface area contributed by atoms with E-state index in [0.29, 0.717) is 41.3 Å². The van der Waals surface area contributed by atoms with Gasteiger partial charge in [-0.15, -0.1) is 0 Å². The van der Waals surface area contributed by atoms with Crippen molar-refractivity contribution in [3.05, 3.63) is 46.5 Å². The zero-order valence-electron chi connectivity index (χ0n) is 20.9. The number of nitrogens with zero attached hydrogens (tertiary/aromatic N) is 2. The van der Waals surface area contributed by atoms with Crippen molar-refractivity contribution in [2.45, 2.75) is 73.0 Å². The van der Waals surface area contributed by atoms with Crippen LogP contribution >= 0.6 is 0 Å². The van der Waals surface area contributed by atoms with Gasteiger partial charge in [-0.05, 0) is 70.6 Å². The van der Waals surface area contributed by atoms with Gasteiger partial charge in [-0.3, -0.25) is 4.98 Å². The van der Waals surface area contributed by atoms with Crippen LogP contribution in [0.5, 0.6) is 0 Å². The Bertz CT molecular complexity index is 1080. The van der Waals surface area contributed by atoms with Crippen molar-refractivity contribution >= 4 is 11.7 Å². The van der Waals surface area contributed by atoms with Crippen LogP contribution in [-0.2, 0) is 9.53 Å². The number of pyridine rings is 1. The molecule has 0 spiro atoms. The molecule has 1 aromatic heterocycles. The third kappa shape index (κ3) is 5.37. The van der Waals surface area contributed by atoms with E-state index < -0.39 is 35.1 Å². The van der Waals surface area contributed by atoms with Crippen LogP contribution in [0.3, 0.4) is 0 Å². The predicted molar refractivity (Wildman–Crippen MR) is 125 cm³/mol. The van der Waals surface area contributed by atoms with E-state index in [1.54, 1.807) is 34.6 Å². The standard InChI is InChI=1S/C26H33F3N2O3/c1-14-19(16-12-17(27)21(29)18(28)13-16)22(31-10-8-26(6,7)9-11-31)20(15(2)30-14)23(24(32)33)34-25(3,4)5/h12-13,23H,8-11H2,1-7H3,(H,32,33). The molecule has 1 fully saturated rings. The fourth-order valence-electron chi connectivity index (χ4n) is 4.45. The Hall–Kier alpha value is -2.61. The topological polar surface area (TPSA) is 62.7 Å². The number of aryl methyl sites for hydroxylation is 2. The molecular weight excluding hydrogens is 445 g/mol. The molecule has 8 heteroatoms. The number of aromatic nitrogens is 1. The predicted octanol–water partition coefficient (Wildman–Crippen LogP) is 6.35. The highest BCUT2D eigenvalue weighted by atomic mass is 19.2. The molecule has 5 nitrogen and oxygen atoms in total. The lowest BCUT2D eigenvalue weighted by Gasteiger charge is -2.41. The maximum atomic E-state index is 14.3. The summed E-state index contributed by atoms with van der Waals surface area (Å²) >= 11 is 0. The van der Waals surface area contributed by atoms with Crippen LogP contribution in [0.25, 0.3) is 11.1 Å². The Morgan fingerprint density at radius 3 is 2.09 bits per heavy atom. The van der Waals surface area contributed by atoms with Crippen molar-refractivity contribution in [1.29, 1.82) is 0 Å². The summed E-state index contributed by atoms with van der Waals surface area (Å²) in [6.07, 6.45) is 0.332. The molecule has 2 heterocycles. The van der Waals surface area contributed by atoms with Gasteiger partial charge in [0, 0.05) is 35.6 Å². The number of benzene rings is 1. The first kappa shape index (κ1) is 26.0. The van der Waals surface area contributed by atoms with Crippen molar-refractivity contribution in [3.8, 4) is 11.1 Å². The number of halogens is 3. The number of hydrogen-bond donors (Lipinski definition) is 1. The third-order valence-electron chi connectivity index (χ3n) is 6.24. The van der Waals surface area contributed by atoms with Crippen molar-refractivity contribution in [2.75, 3.05) is 18.0 Å². The van der Waals surface area contributed by atoms with Gasteiger partial charge < -0.3 is 14.7 Å². The number of anilines is 1. The highest BCUT2D eigenvalue weighted by Gasteiger charge is 2.36. The summed E-state index contributed by atoms with van der Waals surface area (Å²) in [5, 5.41) is 10.1. The van der Waals surface area contributed by atoms with Crippen molar-refractivity contribution in [3.63, 3.8) is 0 Å². The number of hydrogen-bond acceptors (Lipinski definition) is 4. The van der Waals surface area contributed by atoms with E-state index in [9.17, 15) is 23.1 Å². The van der Waals surface area contributed by atoms with Gasteiger partial charge in [0.2, 0.25) is 0 Å². The third-order valence-corrected chi connectivity index (χ3v) is 6.24. The quantitative estimate of drug-likeness (QED) is 0.508. The summed E-state index contributed by atoms with van der Waals surface area (Å²) in [5.41, 5.74) is 1.58. The molecule has 1 unspecified atom stereocenters. The van der Waals surface area contributed by atoms with Crippen molar-refractivity contribution < 1.29 is 27.8 Å². The maximum absolute atomic E-state index is 14.3. The molecule has 0 bridgehead atoms. The van der Waals surface area contributed by atoms with Crippen LogP contribution in [-0.4, -0.2) is 34.8 Å². The molecule has 1 aliphatic heterocycles. The lowest BCUT2D eigenvalue weighted by atomic mass is 9.81. The van der Waals surface area contributed by atoms with Crippen molar-refractivity contribution in [1.82, 2.24) is 4.98 Å². The van der Waals surface area contributed by atoms with Gasteiger partial charge in [-0.2, -0.15) is 0 Å². The summed E-state index contributed by atoms with van der Waals surface area (Å²) in [6, 6.07) is 1.86. The number of carboxylic acids is 1. The largest absolute Gasteiger partial charge is 0.479 e. The second-order valence-electron chi connectivity index (χ2n) is 10.8. The summed E-state index contributed by atoms with van der Waals surface area (Å²) < 4.78 is 48.2. The van der Waals surface area contributed by atoms with E-state index >= 15 is 0 Å². The zero-order valence-corrected chi connectivity index (χ0v) is 20.9. The first-order valence-electron chi connectivity index (χ1n) is 11.4. The minimum absolute atomic E-state index is 0.0994. The molecule has 34 heavy (non-hydrogen) atoms. The minimum atomic E-state index is -1.55. The molecule has 0 saturated carbocycles. The number of carboxylic acid groups (broad SMARTS) is 1. The van der Waals surface area contributed by atoms with E-state index in [2.05, 4.69) is 18.8 Å². The smallest absolute Gasteiger partial charge is 0.337 e. The Morgan fingerprint density at radius 2 is 1.62 bits per heavy atom. The molecule has 0 amide bonds. The Labute approximate surface area is 199 Å². The molecular formula is C26H33F3N2O3. The molecule has 0 radical (unpaired) electrons. The SMILES string of the molecule is Cc1nc(C)c(C(OC(C)(C)C)C(=O)O)c(N2CCC(C)(C)CC2)c1-c1cc(F)c(F)c(F)c1. The van der Waals surface area contributed by atoms with E-state index in [1.165, 1.54) is 0 Å². The minimum Gasteiger partial charge on any atom is -0.479 e. The van der Waals surface area contributed by atoms with Crippen LogP contribution in [0, 0.1) is 36.7 Å². The van der Waals surface area contributed by atoms with Gasteiger partial charge in [0.1, 0.15) is 0 Å². The van der Waals surface area contributed by atoms with Crippen LogP contribution in [0.15, 0.2) is 12.1 Å². The maximum Gasteiger partial charge on any atom is 0.337 e. The second-order valence-corrected chi connectivity index (χ2v) is 10.8. The molecule has 186 valence electrons. The molecule has 1 saturated heterocycles. The zero-order chi connectivity index (χ0) is 25.6. The van der Waals surface area contributed by atoms with Gasteiger partial charge in [0.15, 0.2) is 23.6 Å². The molecule has 1 atom stereocenters. The van der Waals surface area contributed by atoms with Crippen LogP contribution in [0.2, 0.25) is 0 Å². The van der Waals surface area contributed by atoms with E-state index in [-0.39, 0.29) is 11.0 Å². The van der Waals surface area contributed by atoms with Gasteiger partial charge in [-0.1, -0.05) is 13.8 Å². The fourth-order valence-corrected chi connectivity index (χ4v) is 4.45.